The Morgan fingerprint density at radius 3 is 2.77 bits per heavy atom. The smallest absolute Gasteiger partial charge is 0.354 e. The van der Waals surface area contributed by atoms with Crippen LogP contribution in [0.2, 0.25) is 0 Å². The Kier molecular flexibility index (Phi) is 6.91. The predicted octanol–water partition coefficient (Wildman–Crippen LogP) is 5.08. The van der Waals surface area contributed by atoms with Crippen molar-refractivity contribution in [2.75, 3.05) is 6.61 Å². The largest absolute Gasteiger partial charge is 0.490 e. The van der Waals surface area contributed by atoms with Crippen molar-refractivity contribution in [1.29, 1.82) is 5.26 Å². The molecule has 0 saturated carbocycles. The van der Waals surface area contributed by atoms with Crippen LogP contribution in [0.1, 0.15) is 52.6 Å². The van der Waals surface area contributed by atoms with Crippen LogP contribution in [-0.2, 0) is 9.53 Å². The van der Waals surface area contributed by atoms with Crippen LogP contribution >= 0.6 is 11.3 Å². The molecule has 0 amide bonds. The van der Waals surface area contributed by atoms with Crippen molar-refractivity contribution in [3.8, 4) is 17.6 Å². The quantitative estimate of drug-likeness (QED) is 0.182. The van der Waals surface area contributed by atoms with E-state index < -0.39 is 22.5 Å². The number of furan rings is 1. The molecule has 11 nitrogen and oxygen atoms in total. The second kappa shape index (κ2) is 10.5. The van der Waals surface area contributed by atoms with Gasteiger partial charge in [-0.05, 0) is 42.1 Å². The van der Waals surface area contributed by atoms with Gasteiger partial charge in [0.05, 0.1) is 23.7 Å². The van der Waals surface area contributed by atoms with Gasteiger partial charge in [-0.15, -0.1) is 11.3 Å². The summed E-state index contributed by atoms with van der Waals surface area (Å²) < 4.78 is 22.3. The van der Waals surface area contributed by atoms with Gasteiger partial charge in [0.15, 0.2) is 11.5 Å². The number of nitro benzene ring substituents is 1. The number of benzene rings is 1. The number of ketones is 1. The summed E-state index contributed by atoms with van der Waals surface area (Å²) in [6, 6.07) is 11.2. The van der Waals surface area contributed by atoms with Crippen molar-refractivity contribution in [2.24, 2.45) is 5.73 Å². The van der Waals surface area contributed by atoms with E-state index >= 15 is 0 Å². The summed E-state index contributed by atoms with van der Waals surface area (Å²) in [6.45, 7) is 1.76. The zero-order valence-corrected chi connectivity index (χ0v) is 21.4. The highest BCUT2D eigenvalue weighted by molar-refractivity contribution is 7.12. The van der Waals surface area contributed by atoms with E-state index in [0.29, 0.717) is 5.76 Å². The molecule has 0 saturated heterocycles. The fourth-order valence-electron chi connectivity index (χ4n) is 4.78. The van der Waals surface area contributed by atoms with Crippen molar-refractivity contribution in [1.82, 2.24) is 0 Å². The number of nitrogens with two attached hydrogens (primary N) is 1. The molecule has 3 heterocycles. The molecule has 0 radical (unpaired) electrons. The SMILES string of the molecule is CCOc1cc([C@@H]2C(C#N)=C(N)OC3=C2C(=O)C[C@H](c2ccco2)C3)cc([N+](=O)[O-])c1OC(=O)c1cccs1. The van der Waals surface area contributed by atoms with Gasteiger partial charge in [0.1, 0.15) is 28.0 Å². The lowest BCUT2D eigenvalue weighted by atomic mass is 9.74. The summed E-state index contributed by atoms with van der Waals surface area (Å²) in [5, 5.41) is 23.8. The third-order valence-electron chi connectivity index (χ3n) is 6.41. The van der Waals surface area contributed by atoms with Crippen LogP contribution in [0.3, 0.4) is 0 Å². The molecule has 1 aliphatic heterocycles. The fourth-order valence-corrected chi connectivity index (χ4v) is 5.38. The first-order valence-corrected chi connectivity index (χ1v) is 12.8. The second-order valence-electron chi connectivity index (χ2n) is 8.73. The Labute approximate surface area is 225 Å². The predicted molar refractivity (Wildman–Crippen MR) is 137 cm³/mol. The molecule has 2 aromatic heterocycles. The Morgan fingerprint density at radius 1 is 1.31 bits per heavy atom. The van der Waals surface area contributed by atoms with Crippen LogP contribution in [0.15, 0.2) is 75.2 Å². The molecule has 5 rings (SSSR count). The molecule has 0 bridgehead atoms. The topological polar surface area (TPSA) is 168 Å². The van der Waals surface area contributed by atoms with Crippen LogP contribution in [0.5, 0.6) is 11.5 Å². The normalized spacial score (nSPS) is 18.7. The molecule has 0 fully saturated rings. The maximum absolute atomic E-state index is 13.5. The highest BCUT2D eigenvalue weighted by Crippen LogP contribution is 2.49. The van der Waals surface area contributed by atoms with Gasteiger partial charge in [-0.2, -0.15) is 5.26 Å². The maximum atomic E-state index is 13.5. The summed E-state index contributed by atoms with van der Waals surface area (Å²) in [5.41, 5.74) is 5.85. The van der Waals surface area contributed by atoms with E-state index in [-0.39, 0.29) is 75.9 Å². The fraction of sp³-hybridized carbons (Fsp3) is 0.222. The van der Waals surface area contributed by atoms with Crippen molar-refractivity contribution < 1.29 is 33.1 Å². The van der Waals surface area contributed by atoms with Gasteiger partial charge in [-0.1, -0.05) is 6.07 Å². The van der Waals surface area contributed by atoms with Crippen LogP contribution in [-0.4, -0.2) is 23.3 Å². The van der Waals surface area contributed by atoms with Crippen molar-refractivity contribution >= 4 is 28.8 Å². The number of hydrogen-bond acceptors (Lipinski definition) is 11. The van der Waals surface area contributed by atoms with Crippen LogP contribution in [0.4, 0.5) is 5.69 Å². The first kappa shape index (κ1) is 25.7. The number of ether oxygens (including phenoxy) is 3. The highest BCUT2D eigenvalue weighted by Gasteiger charge is 2.42. The van der Waals surface area contributed by atoms with E-state index in [2.05, 4.69) is 0 Å². The number of rotatable bonds is 7. The molecule has 39 heavy (non-hydrogen) atoms. The molecule has 1 aliphatic carbocycles. The maximum Gasteiger partial charge on any atom is 0.354 e. The molecule has 2 atom stereocenters. The molecule has 2 aliphatic rings. The Morgan fingerprint density at radius 2 is 2.13 bits per heavy atom. The van der Waals surface area contributed by atoms with Crippen LogP contribution < -0.4 is 15.2 Å². The van der Waals surface area contributed by atoms with Gasteiger partial charge in [0.2, 0.25) is 11.6 Å². The van der Waals surface area contributed by atoms with E-state index in [1.54, 1.807) is 30.5 Å². The van der Waals surface area contributed by atoms with Crippen LogP contribution in [0, 0.1) is 21.4 Å². The number of carbonyl (C=O) groups is 2. The summed E-state index contributed by atoms with van der Waals surface area (Å²) in [6.07, 6.45) is 1.88. The van der Waals surface area contributed by atoms with Gasteiger partial charge >= 0.3 is 11.7 Å². The number of thiophene rings is 1. The lowest BCUT2D eigenvalue weighted by Crippen LogP contribution is -2.29. The molecule has 3 aromatic rings. The highest BCUT2D eigenvalue weighted by atomic mass is 32.1. The lowest BCUT2D eigenvalue weighted by molar-refractivity contribution is -0.385. The van der Waals surface area contributed by atoms with Gasteiger partial charge < -0.3 is 24.4 Å². The molecule has 198 valence electrons. The number of carbonyl (C=O) groups excluding carboxylic acids is 2. The zero-order valence-electron chi connectivity index (χ0n) is 20.5. The van der Waals surface area contributed by atoms with E-state index in [9.17, 15) is 25.0 Å². The average Bonchev–Trinajstić information content (AvgIpc) is 3.63. The number of hydrogen-bond donors (Lipinski definition) is 1. The van der Waals surface area contributed by atoms with Gasteiger partial charge in [-0.25, -0.2) is 4.79 Å². The zero-order chi connectivity index (χ0) is 27.7. The standard InChI is InChI=1S/C27H21N3O8S/c1-2-35-21-12-15(9-17(30(33)34)25(21)38-27(32)22-6-4-8-39-22)23-16(13-28)26(29)37-20-11-14(10-18(31)24(20)23)19-5-3-7-36-19/h3-9,12,14,23H,2,10-11,29H2,1H3/t14-,23+/m0/s1. The number of nitrogens with zero attached hydrogens (tertiary/aromatic N) is 2. The monoisotopic (exact) mass is 547 g/mol. The number of Topliss-reactive ketones (excluding diaryl/α,β-unsaturated/α-hetero) is 1. The molecule has 1 aromatic carbocycles. The van der Waals surface area contributed by atoms with E-state index in [4.69, 9.17) is 24.4 Å². The molecule has 0 unspecified atom stereocenters. The molecule has 12 heteroatoms. The van der Waals surface area contributed by atoms with Gasteiger partial charge in [-0.3, -0.25) is 14.9 Å². The van der Waals surface area contributed by atoms with Gasteiger partial charge in [0.25, 0.3) is 0 Å². The summed E-state index contributed by atoms with van der Waals surface area (Å²) in [4.78, 5) is 37.8. The van der Waals surface area contributed by atoms with E-state index in [0.717, 1.165) is 17.4 Å². The number of nitro groups is 1. The third-order valence-corrected chi connectivity index (χ3v) is 7.26. The summed E-state index contributed by atoms with van der Waals surface area (Å²) in [7, 11) is 0. The number of nitriles is 1. The molecular formula is C27H21N3O8S. The number of allylic oxidation sites excluding steroid dienone is 3. The lowest BCUT2D eigenvalue weighted by Gasteiger charge is -2.33. The first-order valence-electron chi connectivity index (χ1n) is 11.9. The Hall–Kier alpha value is -4.89. The minimum Gasteiger partial charge on any atom is -0.490 e. The van der Waals surface area contributed by atoms with Crippen molar-refractivity contribution in [3.63, 3.8) is 0 Å². The van der Waals surface area contributed by atoms with Crippen molar-refractivity contribution in [2.45, 2.75) is 31.6 Å². The molecular weight excluding hydrogens is 526 g/mol. The van der Waals surface area contributed by atoms with Gasteiger partial charge in [0, 0.05) is 30.4 Å². The summed E-state index contributed by atoms with van der Waals surface area (Å²) in [5.74, 6) is -2.25. The molecule has 0 spiro atoms. The third kappa shape index (κ3) is 4.75. The minimum atomic E-state index is -1.05. The Bertz CT molecular complexity index is 1560. The van der Waals surface area contributed by atoms with Crippen LogP contribution in [0.25, 0.3) is 0 Å². The second-order valence-corrected chi connectivity index (χ2v) is 9.68. The summed E-state index contributed by atoms with van der Waals surface area (Å²) >= 11 is 1.12. The molecule has 2 N–H and O–H groups in total. The average molecular weight is 548 g/mol. The minimum absolute atomic E-state index is 0.0707. The number of esters is 1. The first-order chi connectivity index (χ1) is 18.8. The van der Waals surface area contributed by atoms with E-state index in [1.807, 2.05) is 6.07 Å². The van der Waals surface area contributed by atoms with Crippen molar-refractivity contribution in [3.05, 3.63) is 97.1 Å². The Balaban J connectivity index is 1.64. The van der Waals surface area contributed by atoms with E-state index in [1.165, 1.54) is 18.4 Å².